The number of benzene rings is 1. The summed E-state index contributed by atoms with van der Waals surface area (Å²) in [7, 11) is 1.87. The Morgan fingerprint density at radius 3 is 2.95 bits per heavy atom. The Balaban J connectivity index is 2.07. The molecule has 1 aromatic carbocycles. The van der Waals surface area contributed by atoms with E-state index in [2.05, 4.69) is 5.32 Å². The summed E-state index contributed by atoms with van der Waals surface area (Å²) in [5, 5.41) is 4.46. The molecule has 0 atom stereocenters. The average molecular weight is 295 g/mol. The van der Waals surface area contributed by atoms with Crippen LogP contribution >= 0.6 is 11.6 Å². The van der Waals surface area contributed by atoms with Gasteiger partial charge in [-0.1, -0.05) is 17.7 Å². The number of fused-ring (bicyclic) bond motifs is 1. The second-order valence-corrected chi connectivity index (χ2v) is 4.97. The van der Waals surface area contributed by atoms with Crippen LogP contribution in [0.5, 0.6) is 0 Å². The van der Waals surface area contributed by atoms with E-state index < -0.39 is 0 Å². The number of ether oxygens (including phenoxy) is 1. The first-order chi connectivity index (χ1) is 9.65. The van der Waals surface area contributed by atoms with Crippen LogP contribution in [-0.4, -0.2) is 30.2 Å². The van der Waals surface area contributed by atoms with Crippen LogP contribution in [0.3, 0.4) is 0 Å². The molecule has 0 aliphatic heterocycles. The number of carbonyl (C=O) groups excluding carboxylic acids is 1. The van der Waals surface area contributed by atoms with Crippen molar-refractivity contribution in [2.45, 2.75) is 13.3 Å². The topological polar surface area (TPSA) is 43.3 Å². The third-order valence-electron chi connectivity index (χ3n) is 3.22. The molecule has 1 N–H and O–H groups in total. The van der Waals surface area contributed by atoms with Gasteiger partial charge in [0.2, 0.25) is 0 Å². The molecule has 1 heterocycles. The minimum absolute atomic E-state index is 0.0868. The number of carbonyl (C=O) groups is 1. The van der Waals surface area contributed by atoms with Crippen molar-refractivity contribution in [3.05, 3.63) is 35.0 Å². The molecule has 0 saturated heterocycles. The van der Waals surface area contributed by atoms with Crippen LogP contribution in [-0.2, 0) is 11.8 Å². The number of halogens is 1. The molecule has 0 aliphatic carbocycles. The summed E-state index contributed by atoms with van der Waals surface area (Å²) in [5.41, 5.74) is 1.57. The van der Waals surface area contributed by atoms with Gasteiger partial charge in [0.05, 0.1) is 0 Å². The molecule has 108 valence electrons. The van der Waals surface area contributed by atoms with Crippen molar-refractivity contribution in [1.29, 1.82) is 0 Å². The molecule has 2 aromatic rings. The van der Waals surface area contributed by atoms with Gasteiger partial charge in [-0.15, -0.1) is 0 Å². The van der Waals surface area contributed by atoms with Crippen LogP contribution in [0.25, 0.3) is 10.9 Å². The standard InChI is InChI=1S/C15H19ClN2O2/c1-3-20-9-5-8-17-15(19)14-10-11-12(16)6-4-7-13(11)18(14)2/h4,6-7,10H,3,5,8-9H2,1-2H3,(H,17,19). The SMILES string of the molecule is CCOCCCNC(=O)c1cc2c(Cl)cccc2n1C. The van der Waals surface area contributed by atoms with Gasteiger partial charge in [-0.3, -0.25) is 4.79 Å². The molecule has 1 amide bonds. The maximum Gasteiger partial charge on any atom is 0.267 e. The highest BCUT2D eigenvalue weighted by Gasteiger charge is 2.14. The van der Waals surface area contributed by atoms with Gasteiger partial charge in [-0.25, -0.2) is 0 Å². The van der Waals surface area contributed by atoms with Crippen molar-refractivity contribution in [2.75, 3.05) is 19.8 Å². The van der Waals surface area contributed by atoms with Crippen molar-refractivity contribution < 1.29 is 9.53 Å². The molecule has 0 spiro atoms. The minimum atomic E-state index is -0.0868. The maximum atomic E-state index is 12.2. The van der Waals surface area contributed by atoms with Crippen LogP contribution in [0, 0.1) is 0 Å². The highest BCUT2D eigenvalue weighted by atomic mass is 35.5. The van der Waals surface area contributed by atoms with Crippen LogP contribution in [0.2, 0.25) is 5.02 Å². The van der Waals surface area contributed by atoms with E-state index in [1.807, 2.05) is 42.8 Å². The zero-order valence-corrected chi connectivity index (χ0v) is 12.5. The summed E-state index contributed by atoms with van der Waals surface area (Å²) >= 11 is 6.15. The summed E-state index contributed by atoms with van der Waals surface area (Å²) in [6, 6.07) is 7.49. The van der Waals surface area contributed by atoms with E-state index in [4.69, 9.17) is 16.3 Å². The van der Waals surface area contributed by atoms with E-state index in [1.54, 1.807) is 0 Å². The predicted octanol–water partition coefficient (Wildman–Crippen LogP) is 2.99. The van der Waals surface area contributed by atoms with E-state index in [0.29, 0.717) is 30.5 Å². The second-order valence-electron chi connectivity index (χ2n) is 4.57. The molecule has 0 bridgehead atoms. The predicted molar refractivity (Wildman–Crippen MR) is 81.4 cm³/mol. The Hall–Kier alpha value is -1.52. The van der Waals surface area contributed by atoms with Gasteiger partial charge < -0.3 is 14.6 Å². The van der Waals surface area contributed by atoms with E-state index in [1.165, 1.54) is 0 Å². The normalized spacial score (nSPS) is 10.9. The maximum absolute atomic E-state index is 12.2. The lowest BCUT2D eigenvalue weighted by Gasteiger charge is -2.06. The number of nitrogens with one attached hydrogen (secondary N) is 1. The van der Waals surface area contributed by atoms with Crippen LogP contribution in [0.15, 0.2) is 24.3 Å². The lowest BCUT2D eigenvalue weighted by Crippen LogP contribution is -2.27. The number of amides is 1. The van der Waals surface area contributed by atoms with Crippen molar-refractivity contribution in [2.24, 2.45) is 7.05 Å². The molecule has 0 aliphatic rings. The third-order valence-corrected chi connectivity index (χ3v) is 3.55. The molecule has 0 fully saturated rings. The number of rotatable bonds is 6. The number of hydrogen-bond acceptors (Lipinski definition) is 2. The fourth-order valence-corrected chi connectivity index (χ4v) is 2.38. The Morgan fingerprint density at radius 2 is 2.25 bits per heavy atom. The molecule has 4 nitrogen and oxygen atoms in total. The molecule has 1 aromatic heterocycles. The first-order valence-corrected chi connectivity index (χ1v) is 7.12. The van der Waals surface area contributed by atoms with Gasteiger partial charge in [0, 0.05) is 42.7 Å². The lowest BCUT2D eigenvalue weighted by molar-refractivity contribution is 0.0936. The number of aryl methyl sites for hydroxylation is 1. The van der Waals surface area contributed by atoms with Gasteiger partial charge in [-0.05, 0) is 31.5 Å². The van der Waals surface area contributed by atoms with Gasteiger partial charge in [0.25, 0.3) is 5.91 Å². The summed E-state index contributed by atoms with van der Waals surface area (Å²) in [6.07, 6.45) is 0.810. The zero-order valence-electron chi connectivity index (χ0n) is 11.8. The Labute approximate surface area is 123 Å². The molecular formula is C15H19ClN2O2. The zero-order chi connectivity index (χ0) is 14.5. The molecule has 0 saturated carbocycles. The van der Waals surface area contributed by atoms with Crippen LogP contribution < -0.4 is 5.32 Å². The molecule has 0 radical (unpaired) electrons. The number of nitrogens with zero attached hydrogens (tertiary/aromatic N) is 1. The fourth-order valence-electron chi connectivity index (χ4n) is 2.15. The minimum Gasteiger partial charge on any atom is -0.382 e. The Bertz CT molecular complexity index is 607. The van der Waals surface area contributed by atoms with Crippen LogP contribution in [0.4, 0.5) is 0 Å². The van der Waals surface area contributed by atoms with Crippen molar-refractivity contribution in [3.63, 3.8) is 0 Å². The Morgan fingerprint density at radius 1 is 1.45 bits per heavy atom. The summed E-state index contributed by atoms with van der Waals surface area (Å²) < 4.78 is 7.09. The van der Waals surface area contributed by atoms with Gasteiger partial charge >= 0.3 is 0 Å². The number of aromatic nitrogens is 1. The average Bonchev–Trinajstić information content (AvgIpc) is 2.78. The van der Waals surface area contributed by atoms with Gasteiger partial charge in [0.15, 0.2) is 0 Å². The van der Waals surface area contributed by atoms with Gasteiger partial charge in [-0.2, -0.15) is 0 Å². The second kappa shape index (κ2) is 6.77. The summed E-state index contributed by atoms with van der Waals surface area (Å²) in [6.45, 7) is 3.93. The van der Waals surface area contributed by atoms with E-state index in [9.17, 15) is 4.79 Å². The smallest absolute Gasteiger partial charge is 0.267 e. The van der Waals surface area contributed by atoms with E-state index in [-0.39, 0.29) is 5.91 Å². The fraction of sp³-hybridized carbons (Fsp3) is 0.400. The first-order valence-electron chi connectivity index (χ1n) is 6.75. The molecule has 2 rings (SSSR count). The highest BCUT2D eigenvalue weighted by Crippen LogP contribution is 2.26. The number of hydrogen-bond donors (Lipinski definition) is 1. The van der Waals surface area contributed by atoms with Crippen molar-refractivity contribution in [1.82, 2.24) is 9.88 Å². The highest BCUT2D eigenvalue weighted by molar-refractivity contribution is 6.35. The van der Waals surface area contributed by atoms with Crippen molar-refractivity contribution >= 4 is 28.4 Å². The third kappa shape index (κ3) is 3.14. The molecule has 5 heteroatoms. The molecule has 20 heavy (non-hydrogen) atoms. The lowest BCUT2D eigenvalue weighted by atomic mass is 10.2. The summed E-state index contributed by atoms with van der Waals surface area (Å²) in [4.78, 5) is 12.2. The van der Waals surface area contributed by atoms with Crippen LogP contribution in [0.1, 0.15) is 23.8 Å². The quantitative estimate of drug-likeness (QED) is 0.832. The molecular weight excluding hydrogens is 276 g/mol. The Kier molecular flexibility index (Phi) is 5.04. The summed E-state index contributed by atoms with van der Waals surface area (Å²) in [5.74, 6) is -0.0868. The largest absolute Gasteiger partial charge is 0.382 e. The molecule has 0 unspecified atom stereocenters. The first kappa shape index (κ1) is 14.9. The monoisotopic (exact) mass is 294 g/mol. The van der Waals surface area contributed by atoms with Crippen molar-refractivity contribution in [3.8, 4) is 0 Å². The van der Waals surface area contributed by atoms with Gasteiger partial charge in [0.1, 0.15) is 5.69 Å². The van der Waals surface area contributed by atoms with E-state index in [0.717, 1.165) is 17.3 Å². The van der Waals surface area contributed by atoms with E-state index >= 15 is 0 Å².